The molecule has 0 spiro atoms. The van der Waals surface area contributed by atoms with Gasteiger partial charge in [-0.15, -0.1) is 0 Å². The molecule has 0 aliphatic carbocycles. The van der Waals surface area contributed by atoms with Gasteiger partial charge in [0.1, 0.15) is 6.54 Å². The molecule has 19 heavy (non-hydrogen) atoms. The summed E-state index contributed by atoms with van der Waals surface area (Å²) in [6, 6.07) is -0.564. The second kappa shape index (κ2) is 10.8. The van der Waals surface area contributed by atoms with Crippen LogP contribution < -0.4 is 5.73 Å². The van der Waals surface area contributed by atoms with Crippen molar-refractivity contribution in [1.29, 1.82) is 0 Å². The monoisotopic (exact) mass is 274 g/mol. The number of esters is 1. The minimum absolute atomic E-state index is 0.0736. The van der Waals surface area contributed by atoms with E-state index in [0.29, 0.717) is 26.2 Å². The van der Waals surface area contributed by atoms with Crippen molar-refractivity contribution < 1.29 is 19.1 Å². The third kappa shape index (κ3) is 7.79. The van der Waals surface area contributed by atoms with Gasteiger partial charge in [0.05, 0.1) is 19.3 Å². The Morgan fingerprint density at radius 3 is 2.53 bits per heavy atom. The Balaban J connectivity index is 4.45. The van der Waals surface area contributed by atoms with Gasteiger partial charge in [0.2, 0.25) is 5.91 Å². The lowest BCUT2D eigenvalue weighted by molar-refractivity contribution is -0.149. The van der Waals surface area contributed by atoms with Gasteiger partial charge in [-0.25, -0.2) is 0 Å². The maximum Gasteiger partial charge on any atom is 0.325 e. The van der Waals surface area contributed by atoms with Crippen molar-refractivity contribution in [2.45, 2.75) is 39.2 Å². The fraction of sp³-hybridized carbons (Fsp3) is 0.846. The van der Waals surface area contributed by atoms with Gasteiger partial charge in [0, 0.05) is 13.7 Å². The van der Waals surface area contributed by atoms with E-state index in [9.17, 15) is 9.59 Å². The van der Waals surface area contributed by atoms with E-state index in [1.807, 2.05) is 6.92 Å². The van der Waals surface area contributed by atoms with Crippen LogP contribution in [-0.4, -0.2) is 56.2 Å². The fourth-order valence-corrected chi connectivity index (χ4v) is 1.61. The predicted molar refractivity (Wildman–Crippen MR) is 72.6 cm³/mol. The Kier molecular flexibility index (Phi) is 10.1. The van der Waals surface area contributed by atoms with Gasteiger partial charge in [-0.05, 0) is 13.3 Å². The van der Waals surface area contributed by atoms with Crippen LogP contribution in [-0.2, 0) is 19.1 Å². The lowest BCUT2D eigenvalue weighted by Gasteiger charge is -2.24. The van der Waals surface area contributed by atoms with E-state index in [-0.39, 0.29) is 12.5 Å². The molecule has 0 saturated carbocycles. The highest BCUT2D eigenvalue weighted by Gasteiger charge is 2.22. The molecule has 0 rings (SSSR count). The molecule has 0 bridgehead atoms. The van der Waals surface area contributed by atoms with Crippen molar-refractivity contribution in [3.8, 4) is 0 Å². The molecule has 112 valence electrons. The number of unbranched alkanes of at least 4 members (excludes halogenated alkanes) is 1. The smallest absolute Gasteiger partial charge is 0.325 e. The quantitative estimate of drug-likeness (QED) is 0.588. The number of ether oxygens (including phenoxy) is 2. The summed E-state index contributed by atoms with van der Waals surface area (Å²) in [6.45, 7) is 4.70. The van der Waals surface area contributed by atoms with Crippen molar-refractivity contribution in [2.75, 3.05) is 33.4 Å². The van der Waals surface area contributed by atoms with Gasteiger partial charge in [-0.2, -0.15) is 0 Å². The molecule has 0 unspecified atom stereocenters. The number of rotatable bonds is 10. The number of amides is 1. The first-order valence-electron chi connectivity index (χ1n) is 6.75. The van der Waals surface area contributed by atoms with Crippen LogP contribution in [0.3, 0.4) is 0 Å². The van der Waals surface area contributed by atoms with Gasteiger partial charge in [-0.3, -0.25) is 9.59 Å². The van der Waals surface area contributed by atoms with Gasteiger partial charge in [0.15, 0.2) is 0 Å². The minimum atomic E-state index is -0.564. The molecule has 6 heteroatoms. The minimum Gasteiger partial charge on any atom is -0.465 e. The molecule has 0 heterocycles. The van der Waals surface area contributed by atoms with Crippen LogP contribution in [0.4, 0.5) is 0 Å². The molecule has 1 atom stereocenters. The molecule has 0 aliphatic heterocycles. The third-order valence-electron chi connectivity index (χ3n) is 2.69. The summed E-state index contributed by atoms with van der Waals surface area (Å²) in [7, 11) is 1.55. The molecule has 0 fully saturated rings. The predicted octanol–water partition coefficient (Wildman–Crippen LogP) is 0.542. The first-order chi connectivity index (χ1) is 9.06. The standard InChI is InChI=1S/C13H26N2O4/c1-4-6-7-11(14)13(17)15(8-9-18-3)10-12(16)19-5-2/h11H,4-10,14H2,1-3H3/t11-/m0/s1. The summed E-state index contributed by atoms with van der Waals surface area (Å²) in [5.41, 5.74) is 5.84. The van der Waals surface area contributed by atoms with Crippen LogP contribution in [0.2, 0.25) is 0 Å². The molecule has 0 aromatic rings. The maximum absolute atomic E-state index is 12.1. The maximum atomic E-state index is 12.1. The van der Waals surface area contributed by atoms with Crippen LogP contribution in [0.15, 0.2) is 0 Å². The van der Waals surface area contributed by atoms with Crippen LogP contribution in [0.1, 0.15) is 33.1 Å². The topological polar surface area (TPSA) is 81.9 Å². The second-order valence-corrected chi connectivity index (χ2v) is 4.31. The van der Waals surface area contributed by atoms with Gasteiger partial charge in [-0.1, -0.05) is 19.8 Å². The van der Waals surface area contributed by atoms with Crippen molar-refractivity contribution in [1.82, 2.24) is 4.90 Å². The molecular weight excluding hydrogens is 248 g/mol. The molecular formula is C13H26N2O4. The highest BCUT2D eigenvalue weighted by Crippen LogP contribution is 2.03. The lowest BCUT2D eigenvalue weighted by atomic mass is 10.1. The number of nitrogens with zero attached hydrogens (tertiary/aromatic N) is 1. The first kappa shape index (κ1) is 17.9. The van der Waals surface area contributed by atoms with Gasteiger partial charge < -0.3 is 20.1 Å². The Morgan fingerprint density at radius 1 is 1.32 bits per heavy atom. The zero-order valence-corrected chi connectivity index (χ0v) is 12.2. The summed E-state index contributed by atoms with van der Waals surface area (Å²) in [4.78, 5) is 25.0. The van der Waals surface area contributed by atoms with Crippen LogP contribution in [0, 0.1) is 0 Å². The highest BCUT2D eigenvalue weighted by molar-refractivity contribution is 5.85. The molecule has 2 N–H and O–H groups in total. The van der Waals surface area contributed by atoms with Crippen molar-refractivity contribution >= 4 is 11.9 Å². The summed E-state index contributed by atoms with van der Waals surface area (Å²) < 4.78 is 9.79. The lowest BCUT2D eigenvalue weighted by Crippen LogP contribution is -2.47. The van der Waals surface area contributed by atoms with Crippen molar-refractivity contribution in [3.05, 3.63) is 0 Å². The van der Waals surface area contributed by atoms with Crippen molar-refractivity contribution in [3.63, 3.8) is 0 Å². The number of hydrogen-bond donors (Lipinski definition) is 1. The summed E-state index contributed by atoms with van der Waals surface area (Å²) in [5.74, 6) is -0.645. The Morgan fingerprint density at radius 2 is 2.00 bits per heavy atom. The summed E-state index contributed by atoms with van der Waals surface area (Å²) in [5, 5.41) is 0. The zero-order valence-electron chi connectivity index (χ0n) is 12.2. The average molecular weight is 274 g/mol. The van der Waals surface area contributed by atoms with Crippen molar-refractivity contribution in [2.24, 2.45) is 5.73 Å². The highest BCUT2D eigenvalue weighted by atomic mass is 16.5. The van der Waals surface area contributed by atoms with E-state index >= 15 is 0 Å². The number of carbonyl (C=O) groups is 2. The average Bonchev–Trinajstić information content (AvgIpc) is 2.40. The van der Waals surface area contributed by atoms with E-state index in [0.717, 1.165) is 12.8 Å². The number of carbonyl (C=O) groups excluding carboxylic acids is 2. The van der Waals surface area contributed by atoms with Gasteiger partial charge >= 0.3 is 5.97 Å². The molecule has 0 saturated heterocycles. The zero-order chi connectivity index (χ0) is 14.7. The largest absolute Gasteiger partial charge is 0.465 e. The third-order valence-corrected chi connectivity index (χ3v) is 2.69. The van der Waals surface area contributed by atoms with E-state index in [1.54, 1.807) is 14.0 Å². The second-order valence-electron chi connectivity index (χ2n) is 4.31. The molecule has 0 radical (unpaired) electrons. The summed E-state index contributed by atoms with van der Waals surface area (Å²) >= 11 is 0. The van der Waals surface area contributed by atoms with Gasteiger partial charge in [0.25, 0.3) is 0 Å². The number of methoxy groups -OCH3 is 1. The number of hydrogen-bond acceptors (Lipinski definition) is 5. The van der Waals surface area contributed by atoms with E-state index < -0.39 is 12.0 Å². The molecule has 0 aromatic carbocycles. The Hall–Kier alpha value is -1.14. The molecule has 0 aliphatic rings. The Labute approximate surface area is 115 Å². The SMILES string of the molecule is CCCC[C@H](N)C(=O)N(CCOC)CC(=O)OCC. The molecule has 6 nitrogen and oxygen atoms in total. The van der Waals surface area contributed by atoms with Crippen LogP contribution in [0.5, 0.6) is 0 Å². The Bertz CT molecular complexity index is 271. The normalized spacial score (nSPS) is 12.0. The molecule has 1 amide bonds. The van der Waals surface area contributed by atoms with E-state index in [4.69, 9.17) is 15.2 Å². The molecule has 0 aromatic heterocycles. The fourth-order valence-electron chi connectivity index (χ4n) is 1.61. The van der Waals surface area contributed by atoms with Crippen LogP contribution in [0.25, 0.3) is 0 Å². The summed E-state index contributed by atoms with van der Waals surface area (Å²) in [6.07, 6.45) is 2.50. The first-order valence-corrected chi connectivity index (χ1v) is 6.75. The van der Waals surface area contributed by atoms with Crippen LogP contribution >= 0.6 is 0 Å². The number of nitrogens with two attached hydrogens (primary N) is 1. The van der Waals surface area contributed by atoms with E-state index in [1.165, 1.54) is 4.90 Å². The van der Waals surface area contributed by atoms with E-state index in [2.05, 4.69) is 0 Å².